The summed E-state index contributed by atoms with van der Waals surface area (Å²) in [6.07, 6.45) is 3.54. The van der Waals surface area contributed by atoms with E-state index in [0.29, 0.717) is 11.6 Å². The number of hydrogen-bond acceptors (Lipinski definition) is 5. The van der Waals surface area contributed by atoms with Gasteiger partial charge in [-0.05, 0) is 42.0 Å². The molecule has 23 heavy (non-hydrogen) atoms. The van der Waals surface area contributed by atoms with E-state index < -0.39 is 5.95 Å². The molecule has 3 rings (SSSR count). The Morgan fingerprint density at radius 3 is 2.78 bits per heavy atom. The molecule has 1 aromatic carbocycles. The summed E-state index contributed by atoms with van der Waals surface area (Å²) >= 11 is 1.40. The summed E-state index contributed by atoms with van der Waals surface area (Å²) < 4.78 is 25.8. The van der Waals surface area contributed by atoms with Crippen molar-refractivity contribution in [1.29, 1.82) is 0 Å². The van der Waals surface area contributed by atoms with Crippen molar-refractivity contribution in [2.45, 2.75) is 6.42 Å². The number of benzene rings is 1. The molecule has 0 saturated heterocycles. The third-order valence-electron chi connectivity index (χ3n) is 3.01. The summed E-state index contributed by atoms with van der Waals surface area (Å²) in [5.41, 5.74) is 5.20. The predicted octanol–water partition coefficient (Wildman–Crippen LogP) is 4.12. The second-order valence-electron chi connectivity index (χ2n) is 4.66. The van der Waals surface area contributed by atoms with Crippen molar-refractivity contribution in [3.63, 3.8) is 0 Å². The molecule has 0 fully saturated rings. The summed E-state index contributed by atoms with van der Waals surface area (Å²) in [6, 6.07) is 9.24. The van der Waals surface area contributed by atoms with Gasteiger partial charge < -0.3 is 0 Å². The number of nitrogens with one attached hydrogen (secondary N) is 1. The molecule has 1 N–H and O–H groups in total. The Labute approximate surface area is 135 Å². The van der Waals surface area contributed by atoms with Gasteiger partial charge in [0.15, 0.2) is 0 Å². The molecule has 0 aliphatic rings. The number of halogens is 2. The highest BCUT2D eigenvalue weighted by Gasteiger charge is 2.04. The van der Waals surface area contributed by atoms with Gasteiger partial charge in [-0.2, -0.15) is 9.49 Å². The molecule has 116 valence electrons. The lowest BCUT2D eigenvalue weighted by molar-refractivity contribution is 0.582. The molecule has 7 heteroatoms. The fourth-order valence-corrected chi connectivity index (χ4v) is 2.57. The maximum atomic E-state index is 12.9. The van der Waals surface area contributed by atoms with Crippen LogP contribution in [0.15, 0.2) is 53.1 Å². The second-order valence-corrected chi connectivity index (χ2v) is 5.52. The summed E-state index contributed by atoms with van der Waals surface area (Å²) in [4.78, 5) is 7.86. The summed E-state index contributed by atoms with van der Waals surface area (Å²) in [7, 11) is 0. The van der Waals surface area contributed by atoms with Gasteiger partial charge in [-0.1, -0.05) is 0 Å². The van der Waals surface area contributed by atoms with Crippen LogP contribution in [0, 0.1) is 11.8 Å². The Balaban J connectivity index is 1.59. The van der Waals surface area contributed by atoms with E-state index in [1.54, 1.807) is 24.4 Å². The fraction of sp³-hybridized carbons (Fsp3) is 0.0625. The smallest absolute Gasteiger partial charge is 0.213 e. The quantitative estimate of drug-likeness (QED) is 0.435. The summed E-state index contributed by atoms with van der Waals surface area (Å²) in [5.74, 6) is -0.785. The van der Waals surface area contributed by atoms with E-state index >= 15 is 0 Å². The van der Waals surface area contributed by atoms with E-state index in [4.69, 9.17) is 0 Å². The Morgan fingerprint density at radius 2 is 2.00 bits per heavy atom. The molecule has 0 unspecified atom stereocenters. The van der Waals surface area contributed by atoms with Crippen molar-refractivity contribution in [3.8, 4) is 11.3 Å². The van der Waals surface area contributed by atoms with Crippen LogP contribution in [-0.4, -0.2) is 16.2 Å². The first-order chi connectivity index (χ1) is 11.2. The maximum Gasteiger partial charge on any atom is 0.213 e. The molecule has 3 aromatic rings. The van der Waals surface area contributed by atoms with Crippen molar-refractivity contribution in [2.75, 3.05) is 5.43 Å². The fourth-order valence-electron chi connectivity index (χ4n) is 1.90. The normalized spacial score (nSPS) is 11.0. The number of nitrogens with zero attached hydrogens (tertiary/aromatic N) is 3. The lowest BCUT2D eigenvalue weighted by Crippen LogP contribution is -1.93. The SMILES string of the molecule is Fc1ccc(-c2csc(N/N=C/Cc3ccnc(F)c3)n2)cc1. The molecule has 4 nitrogen and oxygen atoms in total. The monoisotopic (exact) mass is 330 g/mol. The van der Waals surface area contributed by atoms with Gasteiger partial charge in [0.1, 0.15) is 5.82 Å². The Hall–Kier alpha value is -2.67. The van der Waals surface area contributed by atoms with Gasteiger partial charge >= 0.3 is 0 Å². The largest absolute Gasteiger partial charge is 0.253 e. The standard InChI is InChI=1S/C16H12F2N4S/c17-13-3-1-12(2-4-13)14-10-23-16(21-14)22-20-8-6-11-5-7-19-15(18)9-11/h1-5,7-10H,6H2,(H,21,22)/b20-8+. The second kappa shape index (κ2) is 7.06. The highest BCUT2D eigenvalue weighted by atomic mass is 32.1. The number of hydrogen-bond donors (Lipinski definition) is 1. The molecule has 2 aromatic heterocycles. The van der Waals surface area contributed by atoms with Crippen molar-refractivity contribution < 1.29 is 8.78 Å². The van der Waals surface area contributed by atoms with Gasteiger partial charge in [0, 0.05) is 29.8 Å². The van der Waals surface area contributed by atoms with Crippen LogP contribution in [0.5, 0.6) is 0 Å². The van der Waals surface area contributed by atoms with E-state index in [2.05, 4.69) is 20.5 Å². The molecule has 0 aliphatic heterocycles. The lowest BCUT2D eigenvalue weighted by atomic mass is 10.2. The van der Waals surface area contributed by atoms with Crippen molar-refractivity contribution in [2.24, 2.45) is 5.10 Å². The van der Waals surface area contributed by atoms with Crippen LogP contribution < -0.4 is 5.43 Å². The van der Waals surface area contributed by atoms with Crippen molar-refractivity contribution >= 4 is 22.7 Å². The first kappa shape index (κ1) is 15.2. The highest BCUT2D eigenvalue weighted by molar-refractivity contribution is 7.14. The van der Waals surface area contributed by atoms with Crippen LogP contribution in [0.4, 0.5) is 13.9 Å². The molecular formula is C16H12F2N4S. The van der Waals surface area contributed by atoms with Crippen LogP contribution in [-0.2, 0) is 6.42 Å². The zero-order chi connectivity index (χ0) is 16.1. The highest BCUT2D eigenvalue weighted by Crippen LogP contribution is 2.24. The van der Waals surface area contributed by atoms with Gasteiger partial charge in [0.25, 0.3) is 0 Å². The molecule has 2 heterocycles. The number of pyridine rings is 1. The number of aromatic nitrogens is 2. The third kappa shape index (κ3) is 4.17. The molecule has 0 spiro atoms. The number of rotatable bonds is 5. The molecule has 0 atom stereocenters. The van der Waals surface area contributed by atoms with E-state index in [1.165, 1.54) is 35.7 Å². The van der Waals surface area contributed by atoms with Crippen molar-refractivity contribution in [1.82, 2.24) is 9.97 Å². The van der Waals surface area contributed by atoms with E-state index in [0.717, 1.165) is 16.8 Å². The minimum atomic E-state index is -0.507. The number of thiazole rings is 1. The van der Waals surface area contributed by atoms with Crippen LogP contribution in [0.3, 0.4) is 0 Å². The molecule has 0 bridgehead atoms. The van der Waals surface area contributed by atoms with Crippen LogP contribution in [0.1, 0.15) is 5.56 Å². The molecule has 0 aliphatic carbocycles. The zero-order valence-electron chi connectivity index (χ0n) is 11.9. The van der Waals surface area contributed by atoms with Gasteiger partial charge in [0.05, 0.1) is 5.69 Å². The Kier molecular flexibility index (Phi) is 4.68. The van der Waals surface area contributed by atoms with Crippen molar-refractivity contribution in [3.05, 3.63) is 65.3 Å². The van der Waals surface area contributed by atoms with E-state index in [9.17, 15) is 8.78 Å². The number of anilines is 1. The average Bonchev–Trinajstić information content (AvgIpc) is 3.01. The van der Waals surface area contributed by atoms with E-state index in [1.807, 2.05) is 5.38 Å². The van der Waals surface area contributed by atoms with Gasteiger partial charge in [-0.15, -0.1) is 11.3 Å². The Morgan fingerprint density at radius 1 is 1.17 bits per heavy atom. The van der Waals surface area contributed by atoms with E-state index in [-0.39, 0.29) is 5.82 Å². The predicted molar refractivity (Wildman–Crippen MR) is 87.5 cm³/mol. The molecule has 0 radical (unpaired) electrons. The minimum Gasteiger partial charge on any atom is -0.253 e. The van der Waals surface area contributed by atoms with Gasteiger partial charge in [0.2, 0.25) is 11.1 Å². The lowest BCUT2D eigenvalue weighted by Gasteiger charge is -1.97. The maximum absolute atomic E-state index is 12.9. The topological polar surface area (TPSA) is 50.2 Å². The number of hydrazone groups is 1. The third-order valence-corrected chi connectivity index (χ3v) is 3.76. The molecule has 0 amide bonds. The molecule has 0 saturated carbocycles. The van der Waals surface area contributed by atoms with Crippen LogP contribution in [0.25, 0.3) is 11.3 Å². The summed E-state index contributed by atoms with van der Waals surface area (Å²) in [6.45, 7) is 0. The van der Waals surface area contributed by atoms with Gasteiger partial charge in [-0.25, -0.2) is 14.4 Å². The average molecular weight is 330 g/mol. The minimum absolute atomic E-state index is 0.278. The first-order valence-corrected chi connectivity index (χ1v) is 7.68. The van der Waals surface area contributed by atoms with Gasteiger partial charge in [-0.3, -0.25) is 5.43 Å². The Bertz CT molecular complexity index is 815. The van der Waals surface area contributed by atoms with Crippen LogP contribution in [0.2, 0.25) is 0 Å². The zero-order valence-corrected chi connectivity index (χ0v) is 12.7. The molecular weight excluding hydrogens is 318 g/mol. The van der Waals surface area contributed by atoms with Crippen LogP contribution >= 0.6 is 11.3 Å². The first-order valence-electron chi connectivity index (χ1n) is 6.80. The summed E-state index contributed by atoms with van der Waals surface area (Å²) in [5, 5.41) is 6.55.